The van der Waals surface area contributed by atoms with Crippen molar-refractivity contribution in [3.05, 3.63) is 59.2 Å². The first kappa shape index (κ1) is 14.1. The van der Waals surface area contributed by atoms with Crippen LogP contribution >= 0.6 is 0 Å². The van der Waals surface area contributed by atoms with Crippen LogP contribution in [0.15, 0.2) is 47.4 Å². The van der Waals surface area contributed by atoms with Gasteiger partial charge in [0.1, 0.15) is 0 Å². The quantitative estimate of drug-likeness (QED) is 0.915. The molecule has 2 aromatic rings. The molecule has 5 heteroatoms. The van der Waals surface area contributed by atoms with Crippen LogP contribution in [0.2, 0.25) is 0 Å². The molecular formula is C16H18N2O2S. The zero-order chi connectivity index (χ0) is 14.9. The Bertz CT molecular complexity index is 770. The highest BCUT2D eigenvalue weighted by atomic mass is 32.2. The Morgan fingerprint density at radius 3 is 2.76 bits per heavy atom. The monoisotopic (exact) mass is 302 g/mol. The van der Waals surface area contributed by atoms with Crippen LogP contribution in [-0.2, 0) is 23.0 Å². The van der Waals surface area contributed by atoms with Gasteiger partial charge in [-0.05, 0) is 54.8 Å². The maximum atomic E-state index is 12.5. The standard InChI is InChI=1S/C16H18N2O2S/c1-12-4-2-6-14(10-12)21(19,20)18-16-7-3-5-13-11-17-9-8-15(13)16/h2-7,10,17-18H,8-9,11H2,1H3. The highest BCUT2D eigenvalue weighted by Crippen LogP contribution is 2.25. The molecule has 0 bridgehead atoms. The number of aryl methyl sites for hydroxylation is 1. The molecule has 0 aromatic heterocycles. The predicted molar refractivity (Wildman–Crippen MR) is 83.8 cm³/mol. The zero-order valence-corrected chi connectivity index (χ0v) is 12.7. The van der Waals surface area contributed by atoms with Crippen molar-refractivity contribution in [3.63, 3.8) is 0 Å². The molecule has 4 nitrogen and oxygen atoms in total. The summed E-state index contributed by atoms with van der Waals surface area (Å²) in [6.07, 6.45) is 0.835. The fourth-order valence-electron chi connectivity index (χ4n) is 2.61. The molecule has 1 heterocycles. The van der Waals surface area contributed by atoms with E-state index < -0.39 is 10.0 Å². The average molecular weight is 302 g/mol. The van der Waals surface area contributed by atoms with Crippen LogP contribution < -0.4 is 10.0 Å². The molecule has 1 aliphatic rings. The van der Waals surface area contributed by atoms with E-state index in [0.29, 0.717) is 10.6 Å². The summed E-state index contributed by atoms with van der Waals surface area (Å²) in [5, 5.41) is 3.29. The summed E-state index contributed by atoms with van der Waals surface area (Å²) in [6, 6.07) is 12.7. The normalized spacial score (nSPS) is 14.5. The summed E-state index contributed by atoms with van der Waals surface area (Å²) in [5.74, 6) is 0. The molecule has 21 heavy (non-hydrogen) atoms. The van der Waals surface area contributed by atoms with Crippen molar-refractivity contribution in [1.82, 2.24) is 5.32 Å². The molecule has 0 amide bonds. The molecule has 0 unspecified atom stereocenters. The Balaban J connectivity index is 1.96. The number of hydrogen-bond donors (Lipinski definition) is 2. The summed E-state index contributed by atoms with van der Waals surface area (Å²) in [4.78, 5) is 0.300. The van der Waals surface area contributed by atoms with E-state index in [0.717, 1.165) is 36.2 Å². The van der Waals surface area contributed by atoms with Crippen LogP contribution in [-0.4, -0.2) is 15.0 Å². The van der Waals surface area contributed by atoms with Crippen molar-refractivity contribution in [3.8, 4) is 0 Å². The molecule has 2 N–H and O–H groups in total. The van der Waals surface area contributed by atoms with Crippen molar-refractivity contribution < 1.29 is 8.42 Å². The Labute approximate surface area is 125 Å². The van der Waals surface area contributed by atoms with Gasteiger partial charge in [-0.2, -0.15) is 0 Å². The van der Waals surface area contributed by atoms with Crippen LogP contribution in [0, 0.1) is 6.92 Å². The number of anilines is 1. The van der Waals surface area contributed by atoms with Gasteiger partial charge in [0.05, 0.1) is 10.6 Å². The number of nitrogens with one attached hydrogen (secondary N) is 2. The van der Waals surface area contributed by atoms with Crippen LogP contribution in [0.5, 0.6) is 0 Å². The number of sulfonamides is 1. The van der Waals surface area contributed by atoms with Gasteiger partial charge >= 0.3 is 0 Å². The van der Waals surface area contributed by atoms with Gasteiger partial charge in [-0.15, -0.1) is 0 Å². The van der Waals surface area contributed by atoms with Crippen LogP contribution in [0.1, 0.15) is 16.7 Å². The Morgan fingerprint density at radius 1 is 1.14 bits per heavy atom. The maximum absolute atomic E-state index is 12.5. The minimum Gasteiger partial charge on any atom is -0.312 e. The largest absolute Gasteiger partial charge is 0.312 e. The van der Waals surface area contributed by atoms with E-state index in [4.69, 9.17) is 0 Å². The topological polar surface area (TPSA) is 58.2 Å². The lowest BCUT2D eigenvalue weighted by atomic mass is 9.99. The van der Waals surface area contributed by atoms with Crippen molar-refractivity contribution in [2.75, 3.05) is 11.3 Å². The summed E-state index contributed by atoms with van der Waals surface area (Å²) in [5.41, 5.74) is 3.87. The Kier molecular flexibility index (Phi) is 3.69. The Hall–Kier alpha value is -1.85. The lowest BCUT2D eigenvalue weighted by Gasteiger charge is -2.21. The van der Waals surface area contributed by atoms with Gasteiger partial charge in [0, 0.05) is 6.54 Å². The lowest BCUT2D eigenvalue weighted by Crippen LogP contribution is -2.25. The molecule has 0 saturated carbocycles. The van der Waals surface area contributed by atoms with E-state index in [9.17, 15) is 8.42 Å². The number of fused-ring (bicyclic) bond motifs is 1. The Morgan fingerprint density at radius 2 is 1.95 bits per heavy atom. The van der Waals surface area contributed by atoms with Gasteiger partial charge in [0.25, 0.3) is 10.0 Å². The second kappa shape index (κ2) is 5.50. The van der Waals surface area contributed by atoms with Crippen molar-refractivity contribution in [2.45, 2.75) is 24.8 Å². The van der Waals surface area contributed by atoms with E-state index in [1.165, 1.54) is 0 Å². The minimum absolute atomic E-state index is 0.300. The van der Waals surface area contributed by atoms with Gasteiger partial charge in [-0.3, -0.25) is 4.72 Å². The SMILES string of the molecule is Cc1cccc(S(=O)(=O)Nc2cccc3c2CCNC3)c1. The van der Waals surface area contributed by atoms with E-state index in [1.807, 2.05) is 31.2 Å². The third-order valence-electron chi connectivity index (χ3n) is 3.68. The predicted octanol–water partition coefficient (Wildman–Crippen LogP) is 2.44. The lowest BCUT2D eigenvalue weighted by molar-refractivity contribution is 0.600. The smallest absolute Gasteiger partial charge is 0.261 e. The first-order chi connectivity index (χ1) is 10.1. The molecule has 0 atom stereocenters. The van der Waals surface area contributed by atoms with Crippen molar-refractivity contribution >= 4 is 15.7 Å². The van der Waals surface area contributed by atoms with Gasteiger partial charge < -0.3 is 5.32 Å². The highest BCUT2D eigenvalue weighted by molar-refractivity contribution is 7.92. The molecule has 0 fully saturated rings. The average Bonchev–Trinajstić information content (AvgIpc) is 2.47. The second-order valence-electron chi connectivity index (χ2n) is 5.29. The molecule has 0 spiro atoms. The highest BCUT2D eigenvalue weighted by Gasteiger charge is 2.18. The van der Waals surface area contributed by atoms with E-state index in [1.54, 1.807) is 18.2 Å². The fraction of sp³-hybridized carbons (Fsp3) is 0.250. The van der Waals surface area contributed by atoms with Crippen molar-refractivity contribution in [2.24, 2.45) is 0 Å². The minimum atomic E-state index is -3.54. The zero-order valence-electron chi connectivity index (χ0n) is 11.9. The number of rotatable bonds is 3. The summed E-state index contributed by atoms with van der Waals surface area (Å²) in [6.45, 7) is 3.54. The van der Waals surface area contributed by atoms with Crippen LogP contribution in [0.4, 0.5) is 5.69 Å². The summed E-state index contributed by atoms with van der Waals surface area (Å²) < 4.78 is 27.8. The van der Waals surface area contributed by atoms with E-state index in [2.05, 4.69) is 10.0 Å². The molecule has 0 saturated heterocycles. The molecule has 0 radical (unpaired) electrons. The molecule has 110 valence electrons. The fourth-order valence-corrected chi connectivity index (χ4v) is 3.81. The molecule has 2 aromatic carbocycles. The van der Waals surface area contributed by atoms with Gasteiger partial charge in [0.15, 0.2) is 0 Å². The maximum Gasteiger partial charge on any atom is 0.261 e. The van der Waals surface area contributed by atoms with Gasteiger partial charge in [-0.25, -0.2) is 8.42 Å². The molecule has 3 rings (SSSR count). The van der Waals surface area contributed by atoms with Crippen molar-refractivity contribution in [1.29, 1.82) is 0 Å². The first-order valence-corrected chi connectivity index (χ1v) is 8.45. The van der Waals surface area contributed by atoms with Crippen LogP contribution in [0.25, 0.3) is 0 Å². The molecular weight excluding hydrogens is 284 g/mol. The molecule has 0 aliphatic carbocycles. The second-order valence-corrected chi connectivity index (χ2v) is 6.97. The first-order valence-electron chi connectivity index (χ1n) is 6.97. The third-order valence-corrected chi connectivity index (χ3v) is 5.05. The third kappa shape index (κ3) is 2.94. The summed E-state index contributed by atoms with van der Waals surface area (Å²) >= 11 is 0. The van der Waals surface area contributed by atoms with Gasteiger partial charge in [-0.1, -0.05) is 24.3 Å². The van der Waals surface area contributed by atoms with E-state index in [-0.39, 0.29) is 0 Å². The number of hydrogen-bond acceptors (Lipinski definition) is 3. The van der Waals surface area contributed by atoms with E-state index >= 15 is 0 Å². The van der Waals surface area contributed by atoms with Crippen LogP contribution in [0.3, 0.4) is 0 Å². The number of benzene rings is 2. The summed E-state index contributed by atoms with van der Waals surface area (Å²) in [7, 11) is -3.54. The van der Waals surface area contributed by atoms with Gasteiger partial charge in [0.2, 0.25) is 0 Å². The molecule has 1 aliphatic heterocycles.